The van der Waals surface area contributed by atoms with Gasteiger partial charge in [-0.1, -0.05) is 12.1 Å². The molecule has 19 heavy (non-hydrogen) atoms. The highest BCUT2D eigenvalue weighted by Gasteiger charge is 2.30. The monoisotopic (exact) mass is 264 g/mol. The normalized spacial score (nSPS) is 19.4. The van der Waals surface area contributed by atoms with Gasteiger partial charge in [0.1, 0.15) is 5.75 Å². The molecular formula is C15H24N2O2. The summed E-state index contributed by atoms with van der Waals surface area (Å²) in [5.74, 6) is 0.881. The molecule has 1 aliphatic heterocycles. The van der Waals surface area contributed by atoms with Gasteiger partial charge in [-0.15, -0.1) is 0 Å². The van der Waals surface area contributed by atoms with Gasteiger partial charge in [-0.2, -0.15) is 0 Å². The van der Waals surface area contributed by atoms with Gasteiger partial charge in [0.25, 0.3) is 0 Å². The van der Waals surface area contributed by atoms with Crippen LogP contribution in [0.3, 0.4) is 0 Å². The second kappa shape index (κ2) is 5.90. The smallest absolute Gasteiger partial charge is 0.123 e. The Labute approximate surface area is 115 Å². The first-order chi connectivity index (χ1) is 9.06. The van der Waals surface area contributed by atoms with Crippen molar-refractivity contribution in [2.24, 2.45) is 5.73 Å². The third-order valence-corrected chi connectivity index (χ3v) is 3.76. The summed E-state index contributed by atoms with van der Waals surface area (Å²) in [5.41, 5.74) is 8.08. The Morgan fingerprint density at radius 3 is 2.84 bits per heavy atom. The molecule has 0 spiro atoms. The zero-order valence-corrected chi connectivity index (χ0v) is 12.1. The SMILES string of the molecule is COc1cc(CN2CCOCC2(C)C)ccc1CN. The van der Waals surface area contributed by atoms with Crippen LogP contribution in [-0.4, -0.2) is 37.3 Å². The van der Waals surface area contributed by atoms with Crippen molar-refractivity contribution in [1.82, 2.24) is 4.90 Å². The third-order valence-electron chi connectivity index (χ3n) is 3.76. The molecule has 2 rings (SSSR count). The molecule has 1 saturated heterocycles. The molecule has 0 aliphatic carbocycles. The molecular weight excluding hydrogens is 240 g/mol. The molecule has 1 aromatic rings. The molecule has 4 heteroatoms. The minimum Gasteiger partial charge on any atom is -0.496 e. The van der Waals surface area contributed by atoms with E-state index >= 15 is 0 Å². The number of ether oxygens (including phenoxy) is 2. The van der Waals surface area contributed by atoms with Gasteiger partial charge in [0, 0.05) is 30.7 Å². The maximum absolute atomic E-state index is 5.70. The van der Waals surface area contributed by atoms with Crippen molar-refractivity contribution >= 4 is 0 Å². The summed E-state index contributed by atoms with van der Waals surface area (Å²) in [6.07, 6.45) is 0. The number of benzene rings is 1. The van der Waals surface area contributed by atoms with E-state index in [1.165, 1.54) is 5.56 Å². The summed E-state index contributed by atoms with van der Waals surface area (Å²) in [4.78, 5) is 2.45. The van der Waals surface area contributed by atoms with Crippen LogP contribution in [0.2, 0.25) is 0 Å². The van der Waals surface area contributed by atoms with Crippen LogP contribution in [0.5, 0.6) is 5.75 Å². The van der Waals surface area contributed by atoms with E-state index in [4.69, 9.17) is 15.2 Å². The van der Waals surface area contributed by atoms with Crippen molar-refractivity contribution in [3.8, 4) is 5.75 Å². The van der Waals surface area contributed by atoms with Gasteiger partial charge in [-0.05, 0) is 25.5 Å². The van der Waals surface area contributed by atoms with Crippen molar-refractivity contribution in [3.05, 3.63) is 29.3 Å². The summed E-state index contributed by atoms with van der Waals surface area (Å²) in [6.45, 7) is 8.42. The Kier molecular flexibility index (Phi) is 4.45. The Balaban J connectivity index is 2.14. The zero-order chi connectivity index (χ0) is 13.9. The third kappa shape index (κ3) is 3.26. The predicted molar refractivity (Wildman–Crippen MR) is 76.2 cm³/mol. The summed E-state index contributed by atoms with van der Waals surface area (Å²) in [5, 5.41) is 0. The quantitative estimate of drug-likeness (QED) is 0.900. The summed E-state index contributed by atoms with van der Waals surface area (Å²) in [7, 11) is 1.69. The van der Waals surface area contributed by atoms with Gasteiger partial charge in [0.05, 0.1) is 20.3 Å². The minimum atomic E-state index is 0.0814. The zero-order valence-electron chi connectivity index (χ0n) is 12.1. The van der Waals surface area contributed by atoms with Gasteiger partial charge >= 0.3 is 0 Å². The summed E-state index contributed by atoms with van der Waals surface area (Å²) in [6, 6.07) is 6.28. The first kappa shape index (κ1) is 14.3. The first-order valence-electron chi connectivity index (χ1n) is 6.75. The molecule has 0 bridgehead atoms. The number of morpholine rings is 1. The highest BCUT2D eigenvalue weighted by molar-refractivity contribution is 5.37. The van der Waals surface area contributed by atoms with E-state index in [-0.39, 0.29) is 5.54 Å². The van der Waals surface area contributed by atoms with Crippen LogP contribution in [0.4, 0.5) is 0 Å². The predicted octanol–water partition coefficient (Wildman–Crippen LogP) is 1.76. The lowest BCUT2D eigenvalue weighted by molar-refractivity contribution is -0.0552. The summed E-state index contributed by atoms with van der Waals surface area (Å²) >= 11 is 0. The van der Waals surface area contributed by atoms with E-state index < -0.39 is 0 Å². The topological polar surface area (TPSA) is 47.7 Å². The Morgan fingerprint density at radius 2 is 2.21 bits per heavy atom. The fourth-order valence-corrected chi connectivity index (χ4v) is 2.46. The number of nitrogens with zero attached hydrogens (tertiary/aromatic N) is 1. The van der Waals surface area contributed by atoms with E-state index in [1.807, 2.05) is 0 Å². The van der Waals surface area contributed by atoms with E-state index in [9.17, 15) is 0 Å². The van der Waals surface area contributed by atoms with Crippen molar-refractivity contribution < 1.29 is 9.47 Å². The van der Waals surface area contributed by atoms with Crippen molar-refractivity contribution in [3.63, 3.8) is 0 Å². The number of nitrogens with two attached hydrogens (primary N) is 1. The maximum atomic E-state index is 5.70. The number of methoxy groups -OCH3 is 1. The number of rotatable bonds is 4. The standard InChI is InChI=1S/C15H24N2O2/c1-15(2)11-19-7-6-17(15)10-12-4-5-13(9-16)14(8-12)18-3/h4-5,8H,6-7,9-11,16H2,1-3H3. The van der Waals surface area contributed by atoms with Crippen LogP contribution in [0, 0.1) is 0 Å². The van der Waals surface area contributed by atoms with Crippen LogP contribution in [-0.2, 0) is 17.8 Å². The molecule has 2 N–H and O–H groups in total. The molecule has 0 unspecified atom stereocenters. The van der Waals surface area contributed by atoms with Crippen molar-refractivity contribution in [2.45, 2.75) is 32.5 Å². The largest absolute Gasteiger partial charge is 0.496 e. The van der Waals surface area contributed by atoms with E-state index in [2.05, 4.69) is 36.9 Å². The molecule has 4 nitrogen and oxygen atoms in total. The second-order valence-corrected chi connectivity index (χ2v) is 5.64. The molecule has 1 aromatic carbocycles. The maximum Gasteiger partial charge on any atom is 0.123 e. The van der Waals surface area contributed by atoms with Crippen LogP contribution in [0.15, 0.2) is 18.2 Å². The highest BCUT2D eigenvalue weighted by atomic mass is 16.5. The molecule has 0 saturated carbocycles. The Hall–Kier alpha value is -1.10. The Bertz CT molecular complexity index is 432. The lowest BCUT2D eigenvalue weighted by atomic mass is 10.0. The molecule has 0 aromatic heterocycles. The van der Waals surface area contributed by atoms with Gasteiger partial charge < -0.3 is 15.2 Å². The Morgan fingerprint density at radius 1 is 1.42 bits per heavy atom. The fourth-order valence-electron chi connectivity index (χ4n) is 2.46. The van der Waals surface area contributed by atoms with E-state index in [1.54, 1.807) is 7.11 Å². The number of hydrogen-bond acceptors (Lipinski definition) is 4. The van der Waals surface area contributed by atoms with Crippen LogP contribution >= 0.6 is 0 Å². The van der Waals surface area contributed by atoms with E-state index in [0.717, 1.165) is 37.6 Å². The van der Waals surface area contributed by atoms with Crippen LogP contribution in [0.25, 0.3) is 0 Å². The van der Waals surface area contributed by atoms with Gasteiger partial charge in [-0.3, -0.25) is 4.90 Å². The van der Waals surface area contributed by atoms with E-state index in [0.29, 0.717) is 6.54 Å². The second-order valence-electron chi connectivity index (χ2n) is 5.64. The average Bonchev–Trinajstić information content (AvgIpc) is 2.41. The molecule has 0 atom stereocenters. The average molecular weight is 264 g/mol. The summed E-state index contributed by atoms with van der Waals surface area (Å²) < 4.78 is 10.9. The van der Waals surface area contributed by atoms with Gasteiger partial charge in [-0.25, -0.2) is 0 Å². The van der Waals surface area contributed by atoms with Crippen molar-refractivity contribution in [1.29, 1.82) is 0 Å². The molecule has 1 heterocycles. The lowest BCUT2D eigenvalue weighted by Crippen LogP contribution is -2.52. The van der Waals surface area contributed by atoms with Crippen LogP contribution < -0.4 is 10.5 Å². The molecule has 1 fully saturated rings. The number of hydrogen-bond donors (Lipinski definition) is 1. The molecule has 0 amide bonds. The van der Waals surface area contributed by atoms with Gasteiger partial charge in [0.15, 0.2) is 0 Å². The molecule has 1 aliphatic rings. The van der Waals surface area contributed by atoms with Gasteiger partial charge in [0.2, 0.25) is 0 Å². The van der Waals surface area contributed by atoms with Crippen molar-refractivity contribution in [2.75, 3.05) is 26.9 Å². The lowest BCUT2D eigenvalue weighted by Gasteiger charge is -2.42. The fraction of sp³-hybridized carbons (Fsp3) is 0.600. The molecule has 0 radical (unpaired) electrons. The van der Waals surface area contributed by atoms with Crippen LogP contribution in [0.1, 0.15) is 25.0 Å². The highest BCUT2D eigenvalue weighted by Crippen LogP contribution is 2.25. The molecule has 106 valence electrons. The first-order valence-corrected chi connectivity index (χ1v) is 6.75. The minimum absolute atomic E-state index is 0.0814.